The van der Waals surface area contributed by atoms with Crippen molar-refractivity contribution in [3.8, 4) is 0 Å². The van der Waals surface area contributed by atoms with Crippen LogP contribution < -0.4 is 0 Å². The molecule has 1 aliphatic heterocycles. The summed E-state index contributed by atoms with van der Waals surface area (Å²) < 4.78 is 5.59. The molecule has 2 heteroatoms. The highest BCUT2D eigenvalue weighted by Crippen LogP contribution is 2.32. The fraction of sp³-hybridized carbons (Fsp3) is 1.00. The van der Waals surface area contributed by atoms with Crippen molar-refractivity contribution in [1.29, 1.82) is 0 Å². The third kappa shape index (κ3) is 3.28. The quantitative estimate of drug-likeness (QED) is 0.714. The van der Waals surface area contributed by atoms with Crippen LogP contribution in [0.4, 0.5) is 0 Å². The van der Waals surface area contributed by atoms with Gasteiger partial charge in [-0.1, -0.05) is 20.3 Å². The number of ether oxygens (including phenoxy) is 1. The van der Waals surface area contributed by atoms with Crippen molar-refractivity contribution >= 4 is 0 Å². The average Bonchev–Trinajstić information content (AvgIpc) is 2.57. The van der Waals surface area contributed by atoms with Crippen LogP contribution in [0.15, 0.2) is 0 Å². The van der Waals surface area contributed by atoms with E-state index < -0.39 is 0 Å². The molecule has 1 heterocycles. The Kier molecular flexibility index (Phi) is 4.20. The van der Waals surface area contributed by atoms with E-state index >= 15 is 0 Å². The normalized spacial score (nSPS) is 27.5. The van der Waals surface area contributed by atoms with E-state index in [1.54, 1.807) is 0 Å². The van der Waals surface area contributed by atoms with Gasteiger partial charge in [-0.3, -0.25) is 0 Å². The molecular weight excluding hydrogens is 164 g/mol. The molecule has 2 atom stereocenters. The molecule has 0 aliphatic carbocycles. The summed E-state index contributed by atoms with van der Waals surface area (Å²) in [6.07, 6.45) is 6.05. The minimum absolute atomic E-state index is 0.0871. The summed E-state index contributed by atoms with van der Waals surface area (Å²) >= 11 is 0. The molecule has 2 unspecified atom stereocenters. The Morgan fingerprint density at radius 1 is 1.54 bits per heavy atom. The van der Waals surface area contributed by atoms with Gasteiger partial charge in [0.1, 0.15) is 0 Å². The lowest BCUT2D eigenvalue weighted by Gasteiger charge is -2.29. The molecule has 1 saturated heterocycles. The van der Waals surface area contributed by atoms with Crippen LogP contribution in [0.3, 0.4) is 0 Å². The smallest absolute Gasteiger partial charge is 0.0582 e. The van der Waals surface area contributed by atoms with E-state index in [1.807, 2.05) is 0 Å². The molecule has 1 N–H and O–H groups in total. The zero-order valence-electron chi connectivity index (χ0n) is 8.88. The Morgan fingerprint density at radius 3 is 2.77 bits per heavy atom. The molecule has 1 aliphatic rings. The third-order valence-electron chi connectivity index (χ3n) is 2.98. The van der Waals surface area contributed by atoms with Crippen molar-refractivity contribution in [1.82, 2.24) is 0 Å². The second-order valence-electron chi connectivity index (χ2n) is 4.56. The molecule has 0 aromatic carbocycles. The standard InChI is InChI=1S/C11H22O2/c1-3-6-11(2,9-12)8-10-5-4-7-13-10/h10,12H,3-9H2,1-2H3. The van der Waals surface area contributed by atoms with Gasteiger partial charge < -0.3 is 9.84 Å². The summed E-state index contributed by atoms with van der Waals surface area (Å²) in [5.41, 5.74) is 0.0871. The lowest BCUT2D eigenvalue weighted by Crippen LogP contribution is -2.27. The Labute approximate surface area is 81.3 Å². The van der Waals surface area contributed by atoms with E-state index in [9.17, 15) is 5.11 Å². The third-order valence-corrected chi connectivity index (χ3v) is 2.98. The molecule has 0 aromatic rings. The molecular formula is C11H22O2. The Hall–Kier alpha value is -0.0800. The Bertz CT molecular complexity index is 141. The van der Waals surface area contributed by atoms with E-state index in [0.717, 1.165) is 25.9 Å². The number of aliphatic hydroxyl groups is 1. The SMILES string of the molecule is CCCC(C)(CO)CC1CCCO1. The summed E-state index contributed by atoms with van der Waals surface area (Å²) in [6.45, 7) is 5.54. The van der Waals surface area contributed by atoms with Gasteiger partial charge in [-0.2, -0.15) is 0 Å². The first-order chi connectivity index (χ1) is 6.20. The molecule has 0 saturated carbocycles. The van der Waals surface area contributed by atoms with E-state index in [0.29, 0.717) is 12.7 Å². The van der Waals surface area contributed by atoms with Crippen LogP contribution in [-0.2, 0) is 4.74 Å². The lowest BCUT2D eigenvalue weighted by molar-refractivity contribution is 0.0347. The van der Waals surface area contributed by atoms with Crippen molar-refractivity contribution in [3.63, 3.8) is 0 Å². The first-order valence-corrected chi connectivity index (χ1v) is 5.42. The Morgan fingerprint density at radius 2 is 2.31 bits per heavy atom. The van der Waals surface area contributed by atoms with Crippen LogP contribution in [-0.4, -0.2) is 24.4 Å². The van der Waals surface area contributed by atoms with E-state index in [-0.39, 0.29) is 5.41 Å². The number of aliphatic hydroxyl groups excluding tert-OH is 1. The average molecular weight is 186 g/mol. The minimum Gasteiger partial charge on any atom is -0.396 e. The monoisotopic (exact) mass is 186 g/mol. The summed E-state index contributed by atoms with van der Waals surface area (Å²) in [4.78, 5) is 0. The highest BCUT2D eigenvalue weighted by molar-refractivity contribution is 4.79. The number of hydrogen-bond acceptors (Lipinski definition) is 2. The zero-order chi connectivity index (χ0) is 9.73. The van der Waals surface area contributed by atoms with Gasteiger partial charge in [0.2, 0.25) is 0 Å². The van der Waals surface area contributed by atoms with Crippen molar-refractivity contribution in [2.45, 2.75) is 52.1 Å². The van der Waals surface area contributed by atoms with Gasteiger partial charge >= 0.3 is 0 Å². The van der Waals surface area contributed by atoms with Gasteiger partial charge in [0.25, 0.3) is 0 Å². The first kappa shape index (κ1) is 11.0. The van der Waals surface area contributed by atoms with Crippen LogP contribution in [0.5, 0.6) is 0 Å². The van der Waals surface area contributed by atoms with Gasteiger partial charge in [-0.05, 0) is 31.1 Å². The van der Waals surface area contributed by atoms with E-state index in [2.05, 4.69) is 13.8 Å². The van der Waals surface area contributed by atoms with E-state index in [1.165, 1.54) is 12.8 Å². The molecule has 0 bridgehead atoms. The fourth-order valence-corrected chi connectivity index (χ4v) is 2.20. The maximum atomic E-state index is 9.32. The lowest BCUT2D eigenvalue weighted by atomic mass is 9.81. The Balaban J connectivity index is 2.36. The molecule has 0 radical (unpaired) electrons. The molecule has 0 spiro atoms. The summed E-state index contributed by atoms with van der Waals surface area (Å²) in [5, 5.41) is 9.32. The van der Waals surface area contributed by atoms with Crippen LogP contribution in [0.2, 0.25) is 0 Å². The highest BCUT2D eigenvalue weighted by Gasteiger charge is 2.28. The van der Waals surface area contributed by atoms with Crippen molar-refractivity contribution in [2.24, 2.45) is 5.41 Å². The molecule has 0 amide bonds. The van der Waals surface area contributed by atoms with Gasteiger partial charge in [0.05, 0.1) is 6.10 Å². The van der Waals surface area contributed by atoms with Gasteiger partial charge in [-0.15, -0.1) is 0 Å². The first-order valence-electron chi connectivity index (χ1n) is 5.42. The van der Waals surface area contributed by atoms with Gasteiger partial charge in [0, 0.05) is 13.2 Å². The van der Waals surface area contributed by atoms with Crippen LogP contribution in [0.25, 0.3) is 0 Å². The second kappa shape index (κ2) is 4.97. The number of rotatable bonds is 5. The largest absolute Gasteiger partial charge is 0.396 e. The maximum absolute atomic E-state index is 9.32. The predicted molar refractivity (Wildman–Crippen MR) is 53.7 cm³/mol. The van der Waals surface area contributed by atoms with Crippen LogP contribution in [0, 0.1) is 5.41 Å². The van der Waals surface area contributed by atoms with E-state index in [4.69, 9.17) is 4.74 Å². The molecule has 78 valence electrons. The maximum Gasteiger partial charge on any atom is 0.0582 e. The van der Waals surface area contributed by atoms with Crippen molar-refractivity contribution < 1.29 is 9.84 Å². The van der Waals surface area contributed by atoms with Crippen molar-refractivity contribution in [3.05, 3.63) is 0 Å². The summed E-state index contributed by atoms with van der Waals surface area (Å²) in [7, 11) is 0. The molecule has 2 nitrogen and oxygen atoms in total. The highest BCUT2D eigenvalue weighted by atomic mass is 16.5. The molecule has 1 rings (SSSR count). The number of hydrogen-bond donors (Lipinski definition) is 1. The van der Waals surface area contributed by atoms with Crippen LogP contribution in [0.1, 0.15) is 46.0 Å². The topological polar surface area (TPSA) is 29.5 Å². The van der Waals surface area contributed by atoms with Crippen molar-refractivity contribution in [2.75, 3.05) is 13.2 Å². The summed E-state index contributed by atoms with van der Waals surface area (Å²) in [6, 6.07) is 0. The molecule has 1 fully saturated rings. The fourth-order valence-electron chi connectivity index (χ4n) is 2.20. The zero-order valence-corrected chi connectivity index (χ0v) is 8.88. The molecule has 0 aromatic heterocycles. The summed E-state index contributed by atoms with van der Waals surface area (Å²) in [5.74, 6) is 0. The minimum atomic E-state index is 0.0871. The van der Waals surface area contributed by atoms with Gasteiger partial charge in [0.15, 0.2) is 0 Å². The van der Waals surface area contributed by atoms with Gasteiger partial charge in [-0.25, -0.2) is 0 Å². The predicted octanol–water partition coefficient (Wildman–Crippen LogP) is 2.35. The second-order valence-corrected chi connectivity index (χ2v) is 4.56. The van der Waals surface area contributed by atoms with Crippen LogP contribution >= 0.6 is 0 Å². The molecule has 13 heavy (non-hydrogen) atoms.